The Kier molecular flexibility index (Phi) is 5.38. The van der Waals surface area contributed by atoms with Crippen LogP contribution in [0, 0.1) is 0 Å². The fourth-order valence-electron chi connectivity index (χ4n) is 2.40. The maximum absolute atomic E-state index is 11.8. The number of carbonyl (C=O) groups is 1. The molecule has 0 spiro atoms. The van der Waals surface area contributed by atoms with E-state index in [0.29, 0.717) is 0 Å². The molecular weight excluding hydrogens is 256 g/mol. The number of methoxy groups -OCH3 is 1. The Morgan fingerprint density at radius 3 is 2.75 bits per heavy atom. The van der Waals surface area contributed by atoms with Gasteiger partial charge in [0.25, 0.3) is 0 Å². The summed E-state index contributed by atoms with van der Waals surface area (Å²) < 4.78 is 10.7. The molecule has 1 aromatic rings. The highest BCUT2D eigenvalue weighted by molar-refractivity contribution is 5.91. The molecule has 2 rings (SSSR count). The summed E-state index contributed by atoms with van der Waals surface area (Å²) in [6, 6.07) is 7.41. The van der Waals surface area contributed by atoms with Crippen LogP contribution in [-0.4, -0.2) is 31.8 Å². The van der Waals surface area contributed by atoms with Crippen molar-refractivity contribution in [3.05, 3.63) is 24.3 Å². The van der Waals surface area contributed by atoms with Crippen LogP contribution >= 0.6 is 0 Å². The number of carbonyl (C=O) groups excluding carboxylic acids is 1. The standard InChI is InChI=1S/C15H22N2O3/c1-19-13-7-5-12(6-8-13)17-15(18)10-20-14-4-2-3-11(16)9-14/h5-8,11,14H,2-4,9-10,16H2,1H3,(H,17,18). The lowest BCUT2D eigenvalue weighted by Crippen LogP contribution is -2.33. The van der Waals surface area contributed by atoms with E-state index in [4.69, 9.17) is 15.2 Å². The molecule has 1 aliphatic carbocycles. The number of hydrogen-bond acceptors (Lipinski definition) is 4. The molecule has 0 aliphatic heterocycles. The molecule has 5 heteroatoms. The normalized spacial score (nSPS) is 22.3. The number of rotatable bonds is 5. The van der Waals surface area contributed by atoms with Crippen LogP contribution in [-0.2, 0) is 9.53 Å². The SMILES string of the molecule is COc1ccc(NC(=O)COC2CCCC(N)C2)cc1. The quantitative estimate of drug-likeness (QED) is 0.863. The molecule has 110 valence electrons. The van der Waals surface area contributed by atoms with Crippen molar-refractivity contribution in [2.45, 2.75) is 37.8 Å². The maximum Gasteiger partial charge on any atom is 0.250 e. The van der Waals surface area contributed by atoms with Crippen molar-refractivity contribution in [2.24, 2.45) is 5.73 Å². The summed E-state index contributed by atoms with van der Waals surface area (Å²) in [5.74, 6) is 0.616. The Balaban J connectivity index is 1.74. The molecule has 1 aromatic carbocycles. The summed E-state index contributed by atoms with van der Waals surface area (Å²) in [5, 5.41) is 2.79. The Morgan fingerprint density at radius 2 is 2.10 bits per heavy atom. The maximum atomic E-state index is 11.8. The molecule has 0 saturated heterocycles. The topological polar surface area (TPSA) is 73.6 Å². The summed E-state index contributed by atoms with van der Waals surface area (Å²) in [6.45, 7) is 0.0728. The first kappa shape index (κ1) is 14.8. The first-order chi connectivity index (χ1) is 9.67. The van der Waals surface area contributed by atoms with E-state index < -0.39 is 0 Å². The van der Waals surface area contributed by atoms with Gasteiger partial charge in [-0.05, 0) is 49.9 Å². The van der Waals surface area contributed by atoms with Crippen molar-refractivity contribution in [1.82, 2.24) is 0 Å². The Labute approximate surface area is 119 Å². The lowest BCUT2D eigenvalue weighted by atomic mass is 9.94. The van der Waals surface area contributed by atoms with Gasteiger partial charge in [-0.2, -0.15) is 0 Å². The third kappa shape index (κ3) is 4.51. The molecule has 0 heterocycles. The van der Waals surface area contributed by atoms with Gasteiger partial charge >= 0.3 is 0 Å². The predicted molar refractivity (Wildman–Crippen MR) is 77.8 cm³/mol. The van der Waals surface area contributed by atoms with E-state index in [1.54, 1.807) is 31.4 Å². The Bertz CT molecular complexity index is 433. The van der Waals surface area contributed by atoms with Crippen molar-refractivity contribution in [3.8, 4) is 5.75 Å². The van der Waals surface area contributed by atoms with E-state index in [0.717, 1.165) is 37.1 Å². The van der Waals surface area contributed by atoms with E-state index in [9.17, 15) is 4.79 Å². The second kappa shape index (κ2) is 7.26. The van der Waals surface area contributed by atoms with Crippen molar-refractivity contribution in [2.75, 3.05) is 19.0 Å². The lowest BCUT2D eigenvalue weighted by molar-refractivity contribution is -0.123. The number of benzene rings is 1. The van der Waals surface area contributed by atoms with Gasteiger partial charge in [-0.3, -0.25) is 4.79 Å². The third-order valence-corrected chi connectivity index (χ3v) is 3.49. The summed E-state index contributed by atoms with van der Waals surface area (Å²) in [4.78, 5) is 11.8. The Morgan fingerprint density at radius 1 is 1.35 bits per heavy atom. The van der Waals surface area contributed by atoms with Gasteiger partial charge in [0.15, 0.2) is 0 Å². The van der Waals surface area contributed by atoms with Gasteiger partial charge in [0, 0.05) is 11.7 Å². The second-order valence-corrected chi connectivity index (χ2v) is 5.14. The van der Waals surface area contributed by atoms with Crippen LogP contribution in [0.2, 0.25) is 0 Å². The average Bonchev–Trinajstić information content (AvgIpc) is 2.46. The largest absolute Gasteiger partial charge is 0.497 e. The molecule has 0 bridgehead atoms. The minimum absolute atomic E-state index is 0.0728. The molecule has 1 saturated carbocycles. The van der Waals surface area contributed by atoms with Crippen LogP contribution in [0.5, 0.6) is 5.75 Å². The van der Waals surface area contributed by atoms with E-state index >= 15 is 0 Å². The average molecular weight is 278 g/mol. The highest BCUT2D eigenvalue weighted by Gasteiger charge is 2.20. The molecule has 2 atom stereocenters. The van der Waals surface area contributed by atoms with Gasteiger partial charge in [-0.15, -0.1) is 0 Å². The highest BCUT2D eigenvalue weighted by Crippen LogP contribution is 2.20. The first-order valence-corrected chi connectivity index (χ1v) is 6.98. The molecule has 1 amide bonds. The van der Waals surface area contributed by atoms with E-state index in [1.165, 1.54) is 0 Å². The molecular formula is C15H22N2O3. The number of hydrogen-bond donors (Lipinski definition) is 2. The Hall–Kier alpha value is -1.59. The van der Waals surface area contributed by atoms with Crippen LogP contribution in [0.1, 0.15) is 25.7 Å². The van der Waals surface area contributed by atoms with Crippen LogP contribution in [0.4, 0.5) is 5.69 Å². The summed E-state index contributed by atoms with van der Waals surface area (Å²) in [6.07, 6.45) is 4.07. The fourth-order valence-corrected chi connectivity index (χ4v) is 2.40. The van der Waals surface area contributed by atoms with Gasteiger partial charge < -0.3 is 20.5 Å². The minimum atomic E-state index is -0.144. The van der Waals surface area contributed by atoms with Crippen LogP contribution in [0.25, 0.3) is 0 Å². The zero-order valence-electron chi connectivity index (χ0n) is 11.8. The predicted octanol–water partition coefficient (Wildman–Crippen LogP) is 1.92. The molecule has 2 unspecified atom stereocenters. The first-order valence-electron chi connectivity index (χ1n) is 6.98. The fraction of sp³-hybridized carbons (Fsp3) is 0.533. The molecule has 1 fully saturated rings. The van der Waals surface area contributed by atoms with E-state index in [-0.39, 0.29) is 24.7 Å². The molecule has 3 N–H and O–H groups in total. The smallest absolute Gasteiger partial charge is 0.250 e. The van der Waals surface area contributed by atoms with Gasteiger partial charge in [-0.1, -0.05) is 0 Å². The summed E-state index contributed by atoms with van der Waals surface area (Å²) >= 11 is 0. The number of anilines is 1. The van der Waals surface area contributed by atoms with Crippen molar-refractivity contribution in [3.63, 3.8) is 0 Å². The van der Waals surface area contributed by atoms with Gasteiger partial charge in [0.2, 0.25) is 5.91 Å². The zero-order chi connectivity index (χ0) is 14.4. The van der Waals surface area contributed by atoms with Crippen molar-refractivity contribution < 1.29 is 14.3 Å². The van der Waals surface area contributed by atoms with E-state index in [2.05, 4.69) is 5.32 Å². The summed E-state index contributed by atoms with van der Waals surface area (Å²) in [7, 11) is 1.61. The van der Waals surface area contributed by atoms with Crippen LogP contribution in [0.3, 0.4) is 0 Å². The molecule has 5 nitrogen and oxygen atoms in total. The molecule has 20 heavy (non-hydrogen) atoms. The van der Waals surface area contributed by atoms with E-state index in [1.807, 2.05) is 0 Å². The lowest BCUT2D eigenvalue weighted by Gasteiger charge is -2.26. The third-order valence-electron chi connectivity index (χ3n) is 3.49. The van der Waals surface area contributed by atoms with Crippen LogP contribution in [0.15, 0.2) is 24.3 Å². The van der Waals surface area contributed by atoms with Gasteiger partial charge in [-0.25, -0.2) is 0 Å². The van der Waals surface area contributed by atoms with Gasteiger partial charge in [0.05, 0.1) is 13.2 Å². The molecule has 0 aromatic heterocycles. The number of nitrogens with one attached hydrogen (secondary N) is 1. The highest BCUT2D eigenvalue weighted by atomic mass is 16.5. The molecule has 1 aliphatic rings. The van der Waals surface area contributed by atoms with Crippen molar-refractivity contribution in [1.29, 1.82) is 0 Å². The summed E-state index contributed by atoms with van der Waals surface area (Å²) in [5.41, 5.74) is 6.63. The monoisotopic (exact) mass is 278 g/mol. The zero-order valence-corrected chi connectivity index (χ0v) is 11.8. The van der Waals surface area contributed by atoms with Crippen molar-refractivity contribution >= 4 is 11.6 Å². The number of nitrogens with two attached hydrogens (primary N) is 1. The number of amides is 1. The molecule has 0 radical (unpaired) electrons. The minimum Gasteiger partial charge on any atom is -0.497 e. The number of ether oxygens (including phenoxy) is 2. The van der Waals surface area contributed by atoms with Crippen LogP contribution < -0.4 is 15.8 Å². The van der Waals surface area contributed by atoms with Gasteiger partial charge in [0.1, 0.15) is 12.4 Å². The second-order valence-electron chi connectivity index (χ2n) is 5.14.